The molecular weight excluding hydrogens is 126 g/mol. The molecule has 0 spiro atoms. The highest BCUT2D eigenvalue weighted by Crippen LogP contribution is 2.07. The smallest absolute Gasteiger partial charge is 0.0752 e. The van der Waals surface area contributed by atoms with Crippen LogP contribution in [0.3, 0.4) is 0 Å². The molecule has 1 rings (SSSR count). The lowest BCUT2D eigenvalue weighted by molar-refractivity contribution is 0.908. The molecule has 1 aliphatic heterocycles. The lowest BCUT2D eigenvalue weighted by Gasteiger charge is -1.96. The van der Waals surface area contributed by atoms with Gasteiger partial charge >= 0.3 is 0 Å². The van der Waals surface area contributed by atoms with Crippen molar-refractivity contribution >= 4 is 9.52 Å². The van der Waals surface area contributed by atoms with Crippen LogP contribution in [0, 0.1) is 0 Å². The first kappa shape index (κ1) is 6.77. The van der Waals surface area contributed by atoms with Gasteiger partial charge in [-0.3, -0.25) is 0 Å². The molecule has 9 heavy (non-hydrogen) atoms. The topological polar surface area (TPSA) is 12.0 Å². The highest BCUT2D eigenvalue weighted by Gasteiger charge is 2.00. The quantitative estimate of drug-likeness (QED) is 0.538. The van der Waals surface area contributed by atoms with Crippen molar-refractivity contribution in [3.8, 4) is 0 Å². The zero-order chi connectivity index (χ0) is 6.69. The Hall–Kier alpha value is -0.343. The summed E-state index contributed by atoms with van der Waals surface area (Å²) >= 11 is 0. The molecule has 2 heteroatoms. The van der Waals surface area contributed by atoms with E-state index < -0.39 is 0 Å². The van der Waals surface area contributed by atoms with E-state index in [-0.39, 0.29) is 9.52 Å². The molecule has 0 aromatic carbocycles. The molecule has 50 valence electrons. The maximum atomic E-state index is 3.16. The number of rotatable bonds is 2. The van der Waals surface area contributed by atoms with Gasteiger partial charge in [0.2, 0.25) is 0 Å². The third-order valence-electron chi connectivity index (χ3n) is 1.52. The molecule has 1 nitrogen and oxygen atoms in total. The minimum atomic E-state index is 0.0353. The molecule has 0 saturated carbocycles. The van der Waals surface area contributed by atoms with Crippen LogP contribution < -0.4 is 5.32 Å². The maximum Gasteiger partial charge on any atom is 0.0752 e. The van der Waals surface area contributed by atoms with Gasteiger partial charge in [0, 0.05) is 6.54 Å². The molecule has 0 radical (unpaired) electrons. The lowest BCUT2D eigenvalue weighted by Crippen LogP contribution is -2.12. The highest BCUT2D eigenvalue weighted by atomic mass is 28.2. The molecule has 0 unspecified atom stereocenters. The Bertz CT molecular complexity index is 158. The fourth-order valence-corrected chi connectivity index (χ4v) is 2.62. The molecule has 0 aromatic rings. The molecule has 0 aliphatic carbocycles. The Morgan fingerprint density at radius 1 is 1.67 bits per heavy atom. The molecule has 0 saturated heterocycles. The SMILES string of the molecule is CNCC1=CC(C)=C[SiH2]1. The second-order valence-corrected chi connectivity index (χ2v) is 4.21. The number of hydrogen-bond acceptors (Lipinski definition) is 1. The fourth-order valence-electron chi connectivity index (χ4n) is 1.08. The van der Waals surface area contributed by atoms with Gasteiger partial charge in [-0.15, -0.1) is 0 Å². The number of likely N-dealkylation sites (N-methyl/N-ethyl adjacent to an activating group) is 1. The van der Waals surface area contributed by atoms with Crippen LogP contribution in [-0.4, -0.2) is 23.1 Å². The number of nitrogens with one attached hydrogen (secondary N) is 1. The van der Waals surface area contributed by atoms with Gasteiger partial charge in [0.05, 0.1) is 9.52 Å². The molecule has 1 aliphatic rings. The van der Waals surface area contributed by atoms with Crippen LogP contribution in [0.2, 0.25) is 0 Å². The summed E-state index contributed by atoms with van der Waals surface area (Å²) in [5.74, 6) is 0. The van der Waals surface area contributed by atoms with Crippen molar-refractivity contribution in [2.45, 2.75) is 6.92 Å². The average Bonchev–Trinajstić information content (AvgIpc) is 2.17. The van der Waals surface area contributed by atoms with Gasteiger partial charge in [-0.25, -0.2) is 0 Å². The van der Waals surface area contributed by atoms with Crippen LogP contribution in [0.25, 0.3) is 0 Å². The fraction of sp³-hybridized carbons (Fsp3) is 0.429. The average molecular weight is 139 g/mol. The maximum absolute atomic E-state index is 3.16. The van der Waals surface area contributed by atoms with Crippen molar-refractivity contribution in [1.82, 2.24) is 5.32 Å². The Balaban J connectivity index is 2.41. The van der Waals surface area contributed by atoms with E-state index in [1.165, 1.54) is 5.57 Å². The van der Waals surface area contributed by atoms with Gasteiger partial charge in [0.1, 0.15) is 0 Å². The second-order valence-electron chi connectivity index (χ2n) is 2.49. The summed E-state index contributed by atoms with van der Waals surface area (Å²) in [7, 11) is 2.04. The largest absolute Gasteiger partial charge is 0.316 e. The summed E-state index contributed by atoms with van der Waals surface area (Å²) in [5, 5.41) is 4.80. The van der Waals surface area contributed by atoms with E-state index in [1.807, 2.05) is 7.05 Å². The van der Waals surface area contributed by atoms with Gasteiger partial charge < -0.3 is 5.32 Å². The van der Waals surface area contributed by atoms with Crippen LogP contribution in [-0.2, 0) is 0 Å². The zero-order valence-electron chi connectivity index (χ0n) is 6.07. The summed E-state index contributed by atoms with van der Waals surface area (Å²) in [6.45, 7) is 3.27. The van der Waals surface area contributed by atoms with E-state index in [0.29, 0.717) is 0 Å². The molecule has 0 amide bonds. The summed E-state index contributed by atoms with van der Waals surface area (Å²) in [6, 6.07) is 0. The Kier molecular flexibility index (Phi) is 2.25. The molecule has 1 N–H and O–H groups in total. The van der Waals surface area contributed by atoms with Gasteiger partial charge in [0.15, 0.2) is 0 Å². The summed E-state index contributed by atoms with van der Waals surface area (Å²) in [4.78, 5) is 0. The van der Waals surface area contributed by atoms with E-state index in [0.717, 1.165) is 6.54 Å². The van der Waals surface area contributed by atoms with Crippen molar-refractivity contribution in [1.29, 1.82) is 0 Å². The third-order valence-corrected chi connectivity index (χ3v) is 3.35. The predicted octanol–water partition coefficient (Wildman–Crippen LogP) is 0.176. The van der Waals surface area contributed by atoms with E-state index in [1.54, 1.807) is 5.20 Å². The standard InChI is InChI=1S/C7H13NSi/c1-6-3-7(4-8-2)9-5-6/h3,5,8H,4,9H2,1-2H3. The summed E-state index contributed by atoms with van der Waals surface area (Å²) in [6.07, 6.45) is 2.31. The van der Waals surface area contributed by atoms with Crippen molar-refractivity contribution < 1.29 is 0 Å². The first-order valence-corrected chi connectivity index (χ1v) is 4.86. The lowest BCUT2D eigenvalue weighted by atomic mass is 10.3. The second kappa shape index (κ2) is 2.99. The first-order valence-electron chi connectivity index (χ1n) is 3.33. The van der Waals surface area contributed by atoms with Gasteiger partial charge in [0.25, 0.3) is 0 Å². The van der Waals surface area contributed by atoms with Crippen LogP contribution in [0.15, 0.2) is 22.5 Å². The molecule has 0 atom stereocenters. The van der Waals surface area contributed by atoms with Gasteiger partial charge in [-0.05, 0) is 14.0 Å². The summed E-state index contributed by atoms with van der Waals surface area (Å²) in [5.41, 5.74) is 3.86. The van der Waals surface area contributed by atoms with Crippen molar-refractivity contribution in [2.75, 3.05) is 13.6 Å². The van der Waals surface area contributed by atoms with Crippen LogP contribution in [0.4, 0.5) is 0 Å². The van der Waals surface area contributed by atoms with Crippen molar-refractivity contribution in [3.05, 3.63) is 22.5 Å². The minimum Gasteiger partial charge on any atom is -0.316 e. The van der Waals surface area contributed by atoms with E-state index >= 15 is 0 Å². The van der Waals surface area contributed by atoms with E-state index in [2.05, 4.69) is 24.0 Å². The van der Waals surface area contributed by atoms with Gasteiger partial charge in [-0.1, -0.05) is 22.5 Å². The van der Waals surface area contributed by atoms with Crippen LogP contribution >= 0.6 is 0 Å². The Morgan fingerprint density at radius 2 is 2.44 bits per heavy atom. The van der Waals surface area contributed by atoms with Crippen molar-refractivity contribution in [3.63, 3.8) is 0 Å². The van der Waals surface area contributed by atoms with E-state index in [4.69, 9.17) is 0 Å². The number of allylic oxidation sites excluding steroid dienone is 2. The monoisotopic (exact) mass is 139 g/mol. The first-order chi connectivity index (χ1) is 4.33. The summed E-state index contributed by atoms with van der Waals surface area (Å²) < 4.78 is 0. The number of hydrogen-bond donors (Lipinski definition) is 1. The highest BCUT2D eigenvalue weighted by molar-refractivity contribution is 6.53. The molecule has 1 heterocycles. The van der Waals surface area contributed by atoms with Crippen LogP contribution in [0.1, 0.15) is 6.92 Å². The minimum absolute atomic E-state index is 0.0353. The van der Waals surface area contributed by atoms with Crippen molar-refractivity contribution in [2.24, 2.45) is 0 Å². The Morgan fingerprint density at radius 3 is 2.89 bits per heavy atom. The Labute approximate surface area is 58.7 Å². The normalized spacial score (nSPS) is 20.2. The van der Waals surface area contributed by atoms with E-state index in [9.17, 15) is 0 Å². The molecule has 0 aromatic heterocycles. The molecular formula is C7H13NSi. The zero-order valence-corrected chi connectivity index (χ0v) is 7.48. The molecule has 0 fully saturated rings. The van der Waals surface area contributed by atoms with Gasteiger partial charge in [-0.2, -0.15) is 0 Å². The molecule has 0 bridgehead atoms. The third kappa shape index (κ3) is 1.80. The predicted molar refractivity (Wildman–Crippen MR) is 44.3 cm³/mol. The van der Waals surface area contributed by atoms with Crippen LogP contribution in [0.5, 0.6) is 0 Å².